The Kier molecular flexibility index (Phi) is 22.4. The second kappa shape index (κ2) is 27.0. The lowest BCUT2D eigenvalue weighted by atomic mass is 9.93. The number of pyridine rings is 2. The number of amides is 4. The molecule has 0 saturated heterocycles. The van der Waals surface area contributed by atoms with Crippen molar-refractivity contribution in [2.45, 2.75) is 191 Å². The van der Waals surface area contributed by atoms with Crippen molar-refractivity contribution in [1.82, 2.24) is 29.4 Å². The Bertz CT molecular complexity index is 3830. The van der Waals surface area contributed by atoms with Gasteiger partial charge in [0.2, 0.25) is 0 Å². The number of carbonyl (C=O) groups excluding carboxylic acids is 2. The minimum Gasteiger partial charge on any atom is -0.411 e. The first-order valence-electron chi connectivity index (χ1n) is 27.6. The van der Waals surface area contributed by atoms with E-state index in [-0.39, 0.29) is 93.7 Å². The number of hydrogen-bond acceptors (Lipinski definition) is 16. The summed E-state index contributed by atoms with van der Waals surface area (Å²) in [5.74, 6) is -4.06. The largest absolute Gasteiger partial charge is 0.416 e. The summed E-state index contributed by atoms with van der Waals surface area (Å²) in [4.78, 5) is 43.3. The van der Waals surface area contributed by atoms with Crippen LogP contribution in [0, 0.1) is 11.6 Å². The average molecular weight is 1350 g/mol. The van der Waals surface area contributed by atoms with Crippen molar-refractivity contribution < 1.29 is 81.3 Å². The molecule has 0 radical (unpaired) electrons. The molecule has 0 spiro atoms. The summed E-state index contributed by atoms with van der Waals surface area (Å²) >= 11 is 1.26. The van der Waals surface area contributed by atoms with Gasteiger partial charge in [0.15, 0.2) is 28.4 Å². The number of aliphatic hydroxyl groups excluding tert-OH is 1. The van der Waals surface area contributed by atoms with E-state index in [0.29, 0.717) is 22.7 Å². The van der Waals surface area contributed by atoms with Gasteiger partial charge in [0.1, 0.15) is 32.6 Å². The molecule has 0 fully saturated rings. The van der Waals surface area contributed by atoms with Gasteiger partial charge in [-0.25, -0.2) is 64.6 Å². The van der Waals surface area contributed by atoms with Gasteiger partial charge in [-0.2, -0.15) is 26.3 Å². The standard InChI is InChI=1S/C32H44F4N4O5S2Si.C26H30F4N4O5S2/c1-17(2)22-23(33)25(19-13-12-14-20(15-19)32(34,35)36)38-24(18(3)4)26(22)39-29(41)40-47(43,44)27-21(37-28(46-27)31(8,9)42)16-45-48(10,11)30(5,6)7;1-12(2)17-18(27)20(14-8-7-9-15(10-14)26(28,29)30)32-19(13(3)4)21(17)33-24(36)34-41(38,39)22-16(11-35)31-23(40-22)25(5,6)37/h12-15,17-18,42H,16H2,1-11H3,(H2,39,40,41);7-10,12-13,35,37H,11H2,1-6H3,(H2,33,34,36). The van der Waals surface area contributed by atoms with Gasteiger partial charge in [-0.05, 0) is 93.8 Å². The van der Waals surface area contributed by atoms with Crippen LogP contribution in [-0.2, 0) is 61.2 Å². The van der Waals surface area contributed by atoms with Gasteiger partial charge in [-0.3, -0.25) is 0 Å². The van der Waals surface area contributed by atoms with Gasteiger partial charge in [-0.15, -0.1) is 22.7 Å². The number of hydrogen-bond donors (Lipinski definition) is 7. The molecule has 2 aromatic carbocycles. The van der Waals surface area contributed by atoms with E-state index in [0.717, 1.165) is 36.4 Å². The summed E-state index contributed by atoms with van der Waals surface area (Å²) in [6.07, 6.45) is -9.33. The highest BCUT2D eigenvalue weighted by atomic mass is 32.3. The van der Waals surface area contributed by atoms with Crippen LogP contribution in [0.1, 0.15) is 183 Å². The zero-order valence-electron chi connectivity index (χ0n) is 52.0. The van der Waals surface area contributed by atoms with Crippen LogP contribution in [0.25, 0.3) is 22.5 Å². The Balaban J connectivity index is 0.000000328. The lowest BCUT2D eigenvalue weighted by molar-refractivity contribution is -0.138. The molecule has 18 nitrogen and oxygen atoms in total. The SMILES string of the molecule is CC(C)c1nc(-c2cccc(C(F)(F)F)c2)c(F)c(C(C)C)c1NC(=O)NS(=O)(=O)c1sc(C(C)(C)O)nc1CO.CC(C)c1nc(-c2cccc(C(F)(F)F)c2)c(F)c(C(C)C)c1NC(=O)NS(=O)(=O)c1sc(C(C)(C)O)nc1CO[Si](C)(C)C(C)(C)C. The van der Waals surface area contributed by atoms with Crippen molar-refractivity contribution in [3.8, 4) is 22.5 Å². The number of thiazole rings is 2. The topological polar surface area (TPSA) is 272 Å². The van der Waals surface area contributed by atoms with E-state index in [1.807, 2.05) is 43.3 Å². The zero-order chi connectivity index (χ0) is 67.9. The fraction of sp³-hybridized carbons (Fsp3) is 0.483. The molecule has 89 heavy (non-hydrogen) atoms. The van der Waals surface area contributed by atoms with Crippen molar-refractivity contribution in [2.75, 3.05) is 10.6 Å². The van der Waals surface area contributed by atoms with Gasteiger partial charge >= 0.3 is 24.4 Å². The van der Waals surface area contributed by atoms with E-state index in [1.165, 1.54) is 39.8 Å². The number of benzene rings is 2. The Labute approximate surface area is 521 Å². The van der Waals surface area contributed by atoms with Gasteiger partial charge in [0.25, 0.3) is 20.0 Å². The number of halogens is 8. The second-order valence-corrected chi connectivity index (χ2v) is 35.2. The number of rotatable bonds is 18. The zero-order valence-corrected chi connectivity index (χ0v) is 56.3. The summed E-state index contributed by atoms with van der Waals surface area (Å²) in [6, 6.07) is 5.70. The van der Waals surface area contributed by atoms with Crippen molar-refractivity contribution in [2.24, 2.45) is 0 Å². The van der Waals surface area contributed by atoms with E-state index in [1.54, 1.807) is 55.4 Å². The molecule has 0 aliphatic heterocycles. The van der Waals surface area contributed by atoms with E-state index in [4.69, 9.17) is 4.43 Å². The Morgan fingerprint density at radius 2 is 0.933 bits per heavy atom. The molecule has 0 saturated carbocycles. The predicted molar refractivity (Wildman–Crippen MR) is 327 cm³/mol. The number of anilines is 2. The summed E-state index contributed by atoms with van der Waals surface area (Å²) in [6.45, 7) is 27.9. The molecule has 0 atom stereocenters. The van der Waals surface area contributed by atoms with Crippen LogP contribution in [0.15, 0.2) is 56.9 Å². The lowest BCUT2D eigenvalue weighted by Gasteiger charge is -2.36. The Morgan fingerprint density at radius 1 is 0.584 bits per heavy atom. The molecule has 6 aromatic rings. The normalized spacial score (nSPS) is 13.1. The highest BCUT2D eigenvalue weighted by molar-refractivity contribution is 7.92. The molecule has 4 amide bonds. The van der Waals surface area contributed by atoms with Crippen LogP contribution in [0.4, 0.5) is 56.1 Å². The van der Waals surface area contributed by atoms with E-state index in [9.17, 15) is 68.1 Å². The van der Waals surface area contributed by atoms with Crippen LogP contribution in [-0.4, -0.2) is 72.5 Å². The average Bonchev–Trinajstić information content (AvgIpc) is 1.51. The number of nitrogens with zero attached hydrogens (tertiary/aromatic N) is 4. The third kappa shape index (κ3) is 17.5. The van der Waals surface area contributed by atoms with Crippen molar-refractivity contribution in [1.29, 1.82) is 0 Å². The number of carbonyl (C=O) groups is 2. The summed E-state index contributed by atoms with van der Waals surface area (Å²) < 4.78 is 175. The minimum absolute atomic E-state index is 0.0111. The van der Waals surface area contributed by atoms with Crippen molar-refractivity contribution in [3.05, 3.63) is 115 Å². The van der Waals surface area contributed by atoms with Crippen LogP contribution in [0.3, 0.4) is 0 Å². The number of nitrogens with one attached hydrogen (secondary N) is 4. The molecule has 0 bridgehead atoms. The van der Waals surface area contributed by atoms with Crippen LogP contribution >= 0.6 is 22.7 Å². The van der Waals surface area contributed by atoms with Crippen molar-refractivity contribution in [3.63, 3.8) is 0 Å². The molecule has 4 heterocycles. The molecule has 0 aliphatic rings. The van der Waals surface area contributed by atoms with Crippen LogP contribution < -0.4 is 20.1 Å². The minimum atomic E-state index is -4.67. The monoisotopic (exact) mass is 1350 g/mol. The molecule has 0 aliphatic carbocycles. The summed E-state index contributed by atoms with van der Waals surface area (Å²) in [5, 5.41) is 35.1. The smallest absolute Gasteiger partial charge is 0.411 e. The molecular formula is C58H74F8N8O10S4Si. The number of sulfonamides is 2. The highest BCUT2D eigenvalue weighted by Gasteiger charge is 2.40. The van der Waals surface area contributed by atoms with Crippen molar-refractivity contribution >= 4 is 74.5 Å². The third-order valence-corrected chi connectivity index (χ3v) is 25.0. The molecule has 4 aromatic heterocycles. The molecule has 6 rings (SSSR count). The number of aliphatic hydroxyl groups is 3. The van der Waals surface area contributed by atoms with E-state index < -0.39 is 121 Å². The lowest BCUT2D eigenvalue weighted by Crippen LogP contribution is -2.40. The second-order valence-electron chi connectivity index (χ2n) is 24.6. The summed E-state index contributed by atoms with van der Waals surface area (Å²) in [5.41, 5.74) is -6.24. The number of urea groups is 2. The van der Waals surface area contributed by atoms with Gasteiger partial charge in [0, 0.05) is 22.3 Å². The maximum atomic E-state index is 16.2. The highest BCUT2D eigenvalue weighted by Crippen LogP contribution is 2.43. The van der Waals surface area contributed by atoms with Crippen LogP contribution in [0.5, 0.6) is 0 Å². The predicted octanol–water partition coefficient (Wildman–Crippen LogP) is 14.7. The Morgan fingerprint density at radius 3 is 1.24 bits per heavy atom. The van der Waals surface area contributed by atoms with E-state index >= 15 is 8.78 Å². The molecule has 490 valence electrons. The first kappa shape index (κ1) is 73.7. The van der Waals surface area contributed by atoms with Gasteiger partial charge in [0.05, 0.1) is 58.5 Å². The first-order valence-corrected chi connectivity index (χ1v) is 35.1. The third-order valence-electron chi connectivity index (χ3n) is 13.9. The van der Waals surface area contributed by atoms with Gasteiger partial charge < -0.3 is 30.4 Å². The maximum Gasteiger partial charge on any atom is 0.416 e. The molecule has 31 heteroatoms. The summed E-state index contributed by atoms with van der Waals surface area (Å²) in [7, 11) is -11.6. The fourth-order valence-corrected chi connectivity index (χ4v) is 14.1. The molecule has 0 unspecified atom stereocenters. The van der Waals surface area contributed by atoms with Crippen LogP contribution in [0.2, 0.25) is 18.1 Å². The first-order chi connectivity index (χ1) is 40.4. The number of alkyl halides is 6. The maximum absolute atomic E-state index is 16.2. The molecular weight excluding hydrogens is 1280 g/mol. The van der Waals surface area contributed by atoms with Gasteiger partial charge in [-0.1, -0.05) is 100 Å². The fourth-order valence-electron chi connectivity index (χ4n) is 8.34. The van der Waals surface area contributed by atoms with E-state index in [2.05, 4.69) is 30.6 Å². The molecule has 7 N–H and O–H groups in total. The quantitative estimate of drug-likeness (QED) is 0.0312. The number of aromatic nitrogens is 4. The Hall–Kier alpha value is -6.06.